The maximum absolute atomic E-state index is 11.7. The van der Waals surface area contributed by atoms with Gasteiger partial charge in [-0.15, -0.1) is 0 Å². The third-order valence-electron chi connectivity index (χ3n) is 4.91. The SMILES string of the molecule is COCCOc1ccc2c(c1)[nH]c1c(CC(N)=O)cc(-c3ccc(OC)cc3)nc12. The molecule has 0 spiro atoms. The van der Waals surface area contributed by atoms with Crippen molar-refractivity contribution in [1.82, 2.24) is 9.97 Å². The van der Waals surface area contributed by atoms with Crippen LogP contribution in [0.15, 0.2) is 48.5 Å². The molecule has 0 aliphatic rings. The Bertz CT molecular complexity index is 1200. The summed E-state index contributed by atoms with van der Waals surface area (Å²) in [5.41, 5.74) is 10.5. The van der Waals surface area contributed by atoms with Crippen LogP contribution in [0.3, 0.4) is 0 Å². The predicted molar refractivity (Wildman–Crippen MR) is 116 cm³/mol. The van der Waals surface area contributed by atoms with Gasteiger partial charge >= 0.3 is 0 Å². The first-order valence-electron chi connectivity index (χ1n) is 9.59. The van der Waals surface area contributed by atoms with Crippen LogP contribution in [0.1, 0.15) is 5.56 Å². The molecule has 7 nitrogen and oxygen atoms in total. The maximum Gasteiger partial charge on any atom is 0.221 e. The number of benzene rings is 2. The minimum atomic E-state index is -0.398. The van der Waals surface area contributed by atoms with Gasteiger partial charge in [0.05, 0.1) is 42.4 Å². The molecule has 0 aliphatic heterocycles. The van der Waals surface area contributed by atoms with Crippen LogP contribution in [0.2, 0.25) is 0 Å². The van der Waals surface area contributed by atoms with Crippen LogP contribution in [0.5, 0.6) is 11.5 Å². The van der Waals surface area contributed by atoms with Crippen LogP contribution in [0, 0.1) is 0 Å². The summed E-state index contributed by atoms with van der Waals surface area (Å²) >= 11 is 0. The minimum absolute atomic E-state index is 0.117. The highest BCUT2D eigenvalue weighted by atomic mass is 16.5. The molecule has 4 rings (SSSR count). The molecule has 1 amide bonds. The Hall–Kier alpha value is -3.58. The molecule has 0 radical (unpaired) electrons. The molecular formula is C23H23N3O4. The number of carbonyl (C=O) groups excluding carboxylic acids is 1. The minimum Gasteiger partial charge on any atom is -0.497 e. The van der Waals surface area contributed by atoms with Crippen molar-refractivity contribution >= 4 is 27.8 Å². The molecule has 0 aliphatic carbocycles. The van der Waals surface area contributed by atoms with Crippen molar-refractivity contribution in [3.8, 4) is 22.8 Å². The van der Waals surface area contributed by atoms with E-state index in [2.05, 4.69) is 4.98 Å². The molecule has 0 unspecified atom stereocenters. The van der Waals surface area contributed by atoms with Gasteiger partial charge in [0.1, 0.15) is 18.1 Å². The summed E-state index contributed by atoms with van der Waals surface area (Å²) in [5.74, 6) is 1.11. The average molecular weight is 405 g/mol. The molecule has 2 heterocycles. The molecule has 4 aromatic rings. The Balaban J connectivity index is 1.83. The zero-order valence-electron chi connectivity index (χ0n) is 16.9. The van der Waals surface area contributed by atoms with Crippen LogP contribution in [0.25, 0.3) is 33.2 Å². The van der Waals surface area contributed by atoms with Gasteiger partial charge in [-0.2, -0.15) is 0 Å². The summed E-state index contributed by atoms with van der Waals surface area (Å²) in [4.78, 5) is 20.0. The highest BCUT2D eigenvalue weighted by Gasteiger charge is 2.15. The normalized spacial score (nSPS) is 11.1. The number of rotatable bonds is 8. The number of hydrogen-bond acceptors (Lipinski definition) is 5. The van der Waals surface area contributed by atoms with E-state index < -0.39 is 5.91 Å². The number of nitrogens with one attached hydrogen (secondary N) is 1. The molecule has 154 valence electrons. The van der Waals surface area contributed by atoms with Gasteiger partial charge in [0.2, 0.25) is 5.91 Å². The molecule has 0 fully saturated rings. The van der Waals surface area contributed by atoms with Crippen molar-refractivity contribution < 1.29 is 19.0 Å². The number of hydrogen-bond donors (Lipinski definition) is 2. The van der Waals surface area contributed by atoms with Gasteiger partial charge in [-0.1, -0.05) is 0 Å². The van der Waals surface area contributed by atoms with E-state index in [0.29, 0.717) is 13.2 Å². The summed E-state index contributed by atoms with van der Waals surface area (Å²) in [6.45, 7) is 0.981. The average Bonchev–Trinajstić information content (AvgIpc) is 3.12. The lowest BCUT2D eigenvalue weighted by atomic mass is 10.0. The predicted octanol–water partition coefficient (Wildman–Crippen LogP) is 3.44. The molecule has 7 heteroatoms. The van der Waals surface area contributed by atoms with Gasteiger partial charge in [0.15, 0.2) is 0 Å². The number of H-pyrrole nitrogens is 1. The summed E-state index contributed by atoms with van der Waals surface area (Å²) in [6, 6.07) is 15.3. The lowest BCUT2D eigenvalue weighted by Crippen LogP contribution is -2.14. The van der Waals surface area contributed by atoms with E-state index in [1.807, 2.05) is 48.5 Å². The summed E-state index contributed by atoms with van der Waals surface area (Å²) in [5, 5.41) is 0.949. The number of pyridine rings is 1. The van der Waals surface area contributed by atoms with E-state index in [1.54, 1.807) is 14.2 Å². The van der Waals surface area contributed by atoms with Crippen LogP contribution in [0.4, 0.5) is 0 Å². The fraction of sp³-hybridized carbons (Fsp3) is 0.217. The number of aromatic amines is 1. The van der Waals surface area contributed by atoms with E-state index in [9.17, 15) is 4.79 Å². The molecule has 2 aromatic carbocycles. The molecule has 0 bridgehead atoms. The van der Waals surface area contributed by atoms with Crippen LogP contribution in [-0.2, 0) is 16.0 Å². The van der Waals surface area contributed by atoms with Gasteiger partial charge in [-0.25, -0.2) is 4.98 Å². The van der Waals surface area contributed by atoms with Crippen molar-refractivity contribution in [2.45, 2.75) is 6.42 Å². The molecule has 3 N–H and O–H groups in total. The molecule has 0 saturated carbocycles. The Kier molecular flexibility index (Phi) is 5.54. The Morgan fingerprint density at radius 3 is 2.50 bits per heavy atom. The fourth-order valence-corrected chi connectivity index (χ4v) is 3.47. The van der Waals surface area contributed by atoms with Crippen molar-refractivity contribution in [2.24, 2.45) is 5.73 Å². The number of nitrogens with zero attached hydrogens (tertiary/aromatic N) is 1. The highest BCUT2D eigenvalue weighted by molar-refractivity contribution is 6.07. The van der Waals surface area contributed by atoms with Gasteiger partial charge in [0.25, 0.3) is 0 Å². The molecule has 0 atom stereocenters. The zero-order valence-corrected chi connectivity index (χ0v) is 16.9. The number of nitrogens with two attached hydrogens (primary N) is 1. The van der Waals surface area contributed by atoms with E-state index in [0.717, 1.165) is 50.3 Å². The summed E-state index contributed by atoms with van der Waals surface area (Å²) < 4.78 is 16.0. The van der Waals surface area contributed by atoms with Gasteiger partial charge in [-0.3, -0.25) is 4.79 Å². The number of primary amides is 1. The Morgan fingerprint density at radius 2 is 1.80 bits per heavy atom. The first-order chi connectivity index (χ1) is 14.6. The highest BCUT2D eigenvalue weighted by Crippen LogP contribution is 2.32. The molecule has 30 heavy (non-hydrogen) atoms. The number of carbonyl (C=O) groups is 1. The van der Waals surface area contributed by atoms with E-state index in [4.69, 9.17) is 24.9 Å². The largest absolute Gasteiger partial charge is 0.497 e. The first kappa shape index (κ1) is 19.7. The molecule has 2 aromatic heterocycles. The van der Waals surface area contributed by atoms with Gasteiger partial charge in [0, 0.05) is 24.1 Å². The van der Waals surface area contributed by atoms with Crippen LogP contribution < -0.4 is 15.2 Å². The number of methoxy groups -OCH3 is 2. The third kappa shape index (κ3) is 3.92. The van der Waals surface area contributed by atoms with E-state index in [1.165, 1.54) is 0 Å². The lowest BCUT2D eigenvalue weighted by Gasteiger charge is -2.07. The van der Waals surface area contributed by atoms with Crippen molar-refractivity contribution in [3.63, 3.8) is 0 Å². The second-order valence-electron chi connectivity index (χ2n) is 6.94. The number of ether oxygens (including phenoxy) is 3. The standard InChI is InChI=1S/C23H23N3O4/c1-28-9-10-30-17-7-8-18-20(13-17)26-22-15(12-21(24)27)11-19(25-23(18)22)14-3-5-16(29-2)6-4-14/h3-8,11,13,26H,9-10,12H2,1-2H3,(H2,24,27). The molecule has 0 saturated heterocycles. The van der Waals surface area contributed by atoms with Gasteiger partial charge < -0.3 is 24.9 Å². The lowest BCUT2D eigenvalue weighted by molar-refractivity contribution is -0.117. The van der Waals surface area contributed by atoms with Gasteiger partial charge in [-0.05, 0) is 48.0 Å². The van der Waals surface area contributed by atoms with Crippen molar-refractivity contribution in [1.29, 1.82) is 0 Å². The Morgan fingerprint density at radius 1 is 1.03 bits per heavy atom. The van der Waals surface area contributed by atoms with Crippen molar-refractivity contribution in [3.05, 3.63) is 54.1 Å². The summed E-state index contributed by atoms with van der Waals surface area (Å²) in [7, 11) is 3.26. The number of amides is 1. The Labute approximate surface area is 173 Å². The monoisotopic (exact) mass is 405 g/mol. The van der Waals surface area contributed by atoms with E-state index in [-0.39, 0.29) is 6.42 Å². The van der Waals surface area contributed by atoms with Crippen molar-refractivity contribution in [2.75, 3.05) is 27.4 Å². The smallest absolute Gasteiger partial charge is 0.221 e. The summed E-state index contributed by atoms with van der Waals surface area (Å²) in [6.07, 6.45) is 0.117. The third-order valence-corrected chi connectivity index (χ3v) is 4.91. The second kappa shape index (κ2) is 8.42. The second-order valence-corrected chi connectivity index (χ2v) is 6.94. The van der Waals surface area contributed by atoms with Crippen LogP contribution >= 0.6 is 0 Å². The quantitative estimate of drug-likeness (QED) is 0.438. The number of fused-ring (bicyclic) bond motifs is 3. The first-order valence-corrected chi connectivity index (χ1v) is 9.59. The molecular weight excluding hydrogens is 382 g/mol. The zero-order chi connectivity index (χ0) is 21.1. The van der Waals surface area contributed by atoms with E-state index >= 15 is 0 Å². The topological polar surface area (TPSA) is 99.5 Å². The fourth-order valence-electron chi connectivity index (χ4n) is 3.47. The maximum atomic E-state index is 11.7. The number of aromatic nitrogens is 2. The van der Waals surface area contributed by atoms with Crippen LogP contribution in [-0.4, -0.2) is 43.3 Å².